The molecule has 0 atom stereocenters. The van der Waals surface area contributed by atoms with Crippen molar-refractivity contribution in [1.82, 2.24) is 15.0 Å². The zero-order valence-electron chi connectivity index (χ0n) is 9.30. The summed E-state index contributed by atoms with van der Waals surface area (Å²) < 4.78 is 10.5. The van der Waals surface area contributed by atoms with E-state index in [1.807, 2.05) is 19.0 Å². The maximum Gasteiger partial charge on any atom is 0.293 e. The summed E-state index contributed by atoms with van der Waals surface area (Å²) in [5.41, 5.74) is 5.45. The molecule has 2 heterocycles. The Labute approximate surface area is 93.0 Å². The van der Waals surface area contributed by atoms with Gasteiger partial charge in [-0.3, -0.25) is 0 Å². The summed E-state index contributed by atoms with van der Waals surface area (Å²) >= 11 is 0. The van der Waals surface area contributed by atoms with Crippen LogP contribution in [0, 0.1) is 0 Å². The Kier molecular flexibility index (Phi) is 3.02. The third-order valence-electron chi connectivity index (χ3n) is 2.00. The van der Waals surface area contributed by atoms with Crippen molar-refractivity contribution < 1.29 is 8.94 Å². The van der Waals surface area contributed by atoms with Gasteiger partial charge in [0.05, 0.1) is 13.1 Å². The second-order valence-electron chi connectivity index (χ2n) is 3.72. The second kappa shape index (κ2) is 4.46. The van der Waals surface area contributed by atoms with Crippen LogP contribution in [0.1, 0.15) is 11.6 Å². The Morgan fingerprint density at radius 2 is 2.19 bits per heavy atom. The van der Waals surface area contributed by atoms with E-state index in [1.165, 1.54) is 0 Å². The van der Waals surface area contributed by atoms with Gasteiger partial charge >= 0.3 is 0 Å². The van der Waals surface area contributed by atoms with Crippen LogP contribution >= 0.6 is 0 Å². The summed E-state index contributed by atoms with van der Waals surface area (Å²) in [6.45, 7) is 0.993. The van der Waals surface area contributed by atoms with Crippen LogP contribution in [0.5, 0.6) is 0 Å². The van der Waals surface area contributed by atoms with Gasteiger partial charge in [0, 0.05) is 0 Å². The summed E-state index contributed by atoms with van der Waals surface area (Å²) in [6, 6.07) is 3.57. The lowest BCUT2D eigenvalue weighted by atomic mass is 10.4. The van der Waals surface area contributed by atoms with Gasteiger partial charge in [0.25, 0.3) is 5.89 Å². The highest BCUT2D eigenvalue weighted by atomic mass is 16.5. The fourth-order valence-corrected chi connectivity index (χ4v) is 1.30. The third kappa shape index (κ3) is 2.29. The highest BCUT2D eigenvalue weighted by Gasteiger charge is 2.12. The van der Waals surface area contributed by atoms with Crippen LogP contribution in [0.15, 0.2) is 21.1 Å². The standard InChI is InChI=1S/C10H14N4O2/c1-14(2)6-9-12-10(16-13-9)8-4-3-7(5-11)15-8/h3-4H,5-6,11H2,1-2H3. The first-order chi connectivity index (χ1) is 7.69. The van der Waals surface area contributed by atoms with Crippen molar-refractivity contribution in [2.45, 2.75) is 13.1 Å². The summed E-state index contributed by atoms with van der Waals surface area (Å²) in [7, 11) is 3.88. The first-order valence-corrected chi connectivity index (χ1v) is 4.95. The van der Waals surface area contributed by atoms with Crippen LogP contribution < -0.4 is 5.73 Å². The Morgan fingerprint density at radius 3 is 2.81 bits per heavy atom. The van der Waals surface area contributed by atoms with Crippen LogP contribution in [0.2, 0.25) is 0 Å². The molecule has 6 nitrogen and oxygen atoms in total. The molecule has 0 aliphatic rings. The maximum atomic E-state index is 5.45. The van der Waals surface area contributed by atoms with E-state index in [9.17, 15) is 0 Å². The van der Waals surface area contributed by atoms with Crippen LogP contribution in [0.25, 0.3) is 11.7 Å². The minimum absolute atomic E-state index is 0.360. The maximum absolute atomic E-state index is 5.45. The minimum Gasteiger partial charge on any atom is -0.455 e. The van der Waals surface area contributed by atoms with E-state index in [0.29, 0.717) is 36.3 Å². The molecule has 0 unspecified atom stereocenters. The molecule has 2 aromatic rings. The van der Waals surface area contributed by atoms with Gasteiger partial charge in [0.15, 0.2) is 11.6 Å². The average molecular weight is 222 g/mol. The number of nitrogens with zero attached hydrogens (tertiary/aromatic N) is 3. The molecule has 0 saturated heterocycles. The van der Waals surface area contributed by atoms with Gasteiger partial charge in [-0.15, -0.1) is 0 Å². The van der Waals surface area contributed by atoms with Crippen LogP contribution in [-0.4, -0.2) is 29.1 Å². The van der Waals surface area contributed by atoms with Gasteiger partial charge in [0.1, 0.15) is 5.76 Å². The smallest absolute Gasteiger partial charge is 0.293 e. The quantitative estimate of drug-likeness (QED) is 0.825. The summed E-state index contributed by atoms with van der Waals surface area (Å²) in [5.74, 6) is 2.27. The molecular weight excluding hydrogens is 208 g/mol. The molecule has 2 rings (SSSR count). The summed E-state index contributed by atoms with van der Waals surface area (Å²) in [5, 5.41) is 3.85. The second-order valence-corrected chi connectivity index (χ2v) is 3.72. The zero-order chi connectivity index (χ0) is 11.5. The van der Waals surface area contributed by atoms with Crippen molar-refractivity contribution in [3.05, 3.63) is 23.7 Å². The lowest BCUT2D eigenvalue weighted by molar-refractivity contribution is 0.362. The molecule has 86 valence electrons. The normalized spacial score (nSPS) is 11.2. The van der Waals surface area contributed by atoms with E-state index >= 15 is 0 Å². The van der Waals surface area contributed by atoms with Crippen LogP contribution in [0.3, 0.4) is 0 Å². The van der Waals surface area contributed by atoms with Crippen molar-refractivity contribution in [3.63, 3.8) is 0 Å². The minimum atomic E-state index is 0.360. The lowest BCUT2D eigenvalue weighted by Crippen LogP contribution is -2.11. The molecule has 0 bridgehead atoms. The molecule has 0 aromatic carbocycles. The number of nitrogens with two attached hydrogens (primary N) is 1. The van der Waals surface area contributed by atoms with Gasteiger partial charge < -0.3 is 19.6 Å². The molecule has 0 radical (unpaired) electrons. The average Bonchev–Trinajstić information content (AvgIpc) is 2.83. The Bertz CT molecular complexity index is 461. The molecule has 2 aromatic heterocycles. The first-order valence-electron chi connectivity index (χ1n) is 4.95. The highest BCUT2D eigenvalue weighted by molar-refractivity contribution is 5.44. The van der Waals surface area contributed by atoms with E-state index in [-0.39, 0.29) is 0 Å². The van der Waals surface area contributed by atoms with Crippen LogP contribution in [-0.2, 0) is 13.1 Å². The molecule has 0 saturated carbocycles. The van der Waals surface area contributed by atoms with Gasteiger partial charge in [-0.05, 0) is 26.2 Å². The Hall–Kier alpha value is -1.66. The van der Waals surface area contributed by atoms with Crippen molar-refractivity contribution in [2.75, 3.05) is 14.1 Å². The molecular formula is C10H14N4O2. The fourth-order valence-electron chi connectivity index (χ4n) is 1.30. The zero-order valence-corrected chi connectivity index (χ0v) is 9.30. The molecule has 0 fully saturated rings. The van der Waals surface area contributed by atoms with E-state index in [0.717, 1.165) is 0 Å². The molecule has 6 heteroatoms. The predicted molar refractivity (Wildman–Crippen MR) is 57.3 cm³/mol. The summed E-state index contributed by atoms with van der Waals surface area (Å²) in [6.07, 6.45) is 0. The van der Waals surface area contributed by atoms with Gasteiger partial charge in [-0.1, -0.05) is 5.16 Å². The van der Waals surface area contributed by atoms with Gasteiger partial charge in [-0.2, -0.15) is 4.98 Å². The van der Waals surface area contributed by atoms with Crippen molar-refractivity contribution in [3.8, 4) is 11.7 Å². The molecule has 0 amide bonds. The number of rotatable bonds is 4. The first kappa shape index (κ1) is 10.8. The largest absolute Gasteiger partial charge is 0.455 e. The molecule has 0 spiro atoms. The van der Waals surface area contributed by atoms with Crippen LogP contribution in [0.4, 0.5) is 0 Å². The number of aromatic nitrogens is 2. The number of furan rings is 1. The number of hydrogen-bond donors (Lipinski definition) is 1. The highest BCUT2D eigenvalue weighted by Crippen LogP contribution is 2.20. The number of hydrogen-bond acceptors (Lipinski definition) is 6. The van der Waals surface area contributed by atoms with E-state index in [2.05, 4.69) is 10.1 Å². The molecule has 16 heavy (non-hydrogen) atoms. The SMILES string of the molecule is CN(C)Cc1noc(-c2ccc(CN)o2)n1. The van der Waals surface area contributed by atoms with Crippen molar-refractivity contribution in [2.24, 2.45) is 5.73 Å². The fraction of sp³-hybridized carbons (Fsp3) is 0.400. The van der Waals surface area contributed by atoms with Gasteiger partial charge in [-0.25, -0.2) is 0 Å². The Balaban J connectivity index is 2.17. The van der Waals surface area contributed by atoms with E-state index in [1.54, 1.807) is 12.1 Å². The molecule has 0 aliphatic carbocycles. The topological polar surface area (TPSA) is 81.3 Å². The van der Waals surface area contributed by atoms with Crippen molar-refractivity contribution >= 4 is 0 Å². The van der Waals surface area contributed by atoms with E-state index in [4.69, 9.17) is 14.7 Å². The van der Waals surface area contributed by atoms with Crippen molar-refractivity contribution in [1.29, 1.82) is 0 Å². The van der Waals surface area contributed by atoms with E-state index < -0.39 is 0 Å². The lowest BCUT2D eigenvalue weighted by Gasteiger charge is -2.03. The Morgan fingerprint density at radius 1 is 1.38 bits per heavy atom. The molecule has 2 N–H and O–H groups in total. The summed E-state index contributed by atoms with van der Waals surface area (Å²) in [4.78, 5) is 6.17. The third-order valence-corrected chi connectivity index (χ3v) is 2.00. The predicted octanol–water partition coefficient (Wildman–Crippen LogP) is 0.850. The molecule has 0 aliphatic heterocycles. The monoisotopic (exact) mass is 222 g/mol. The van der Waals surface area contributed by atoms with Gasteiger partial charge in [0.2, 0.25) is 0 Å².